The molecule has 0 radical (unpaired) electrons. The van der Waals surface area contributed by atoms with E-state index in [-0.39, 0.29) is 5.75 Å². The van der Waals surface area contributed by atoms with Gasteiger partial charge in [-0.1, -0.05) is 19.8 Å². The smallest absolute Gasteiger partial charge is 0.264 e. The molecule has 0 aromatic rings. The SMILES string of the molecule is CCCCCS(=O)(=O)O. The summed E-state index contributed by atoms with van der Waals surface area (Å²) in [6, 6.07) is 0. The molecule has 0 aliphatic carbocycles. The summed E-state index contributed by atoms with van der Waals surface area (Å²) in [4.78, 5) is 0. The average molecular weight is 152 g/mol. The van der Waals surface area contributed by atoms with Gasteiger partial charge in [0.05, 0.1) is 5.75 Å². The molecule has 56 valence electrons. The lowest BCUT2D eigenvalue weighted by Gasteiger charge is -1.92. The van der Waals surface area contributed by atoms with Crippen LogP contribution >= 0.6 is 0 Å². The molecule has 0 amide bonds. The average Bonchev–Trinajstić information content (AvgIpc) is 1.63. The van der Waals surface area contributed by atoms with Gasteiger partial charge in [-0.25, -0.2) is 0 Å². The van der Waals surface area contributed by atoms with E-state index in [2.05, 4.69) is 0 Å². The molecule has 1 N–H and O–H groups in total. The topological polar surface area (TPSA) is 54.4 Å². The minimum atomic E-state index is -3.70. The zero-order valence-corrected chi connectivity index (χ0v) is 6.32. The highest BCUT2D eigenvalue weighted by Gasteiger charge is 2.01. The van der Waals surface area contributed by atoms with Gasteiger partial charge in [0, 0.05) is 0 Å². The maximum atomic E-state index is 10.1. The van der Waals surface area contributed by atoms with Crippen molar-refractivity contribution in [2.24, 2.45) is 0 Å². The normalized spacial score (nSPS) is 11.8. The minimum Gasteiger partial charge on any atom is -0.286 e. The lowest BCUT2D eigenvalue weighted by molar-refractivity contribution is 0.480. The van der Waals surface area contributed by atoms with E-state index < -0.39 is 10.1 Å². The van der Waals surface area contributed by atoms with Gasteiger partial charge in [-0.3, -0.25) is 4.55 Å². The molecule has 0 aromatic carbocycles. The van der Waals surface area contributed by atoms with E-state index in [4.69, 9.17) is 4.55 Å². The molecule has 9 heavy (non-hydrogen) atoms. The first-order chi connectivity index (χ1) is 4.06. The molecule has 0 rings (SSSR count). The fourth-order valence-electron chi connectivity index (χ4n) is 0.534. The minimum absolute atomic E-state index is 0.0964. The van der Waals surface area contributed by atoms with Crippen molar-refractivity contribution in [3.05, 3.63) is 0 Å². The van der Waals surface area contributed by atoms with Gasteiger partial charge in [0.2, 0.25) is 0 Å². The van der Waals surface area contributed by atoms with Crippen molar-refractivity contribution in [1.29, 1.82) is 0 Å². The Bertz CT molecular complexity index is 148. The quantitative estimate of drug-likeness (QED) is 0.484. The summed E-state index contributed by atoms with van der Waals surface area (Å²) in [5, 5.41) is 0. The third-order valence-corrected chi connectivity index (χ3v) is 1.81. The molecule has 0 bridgehead atoms. The Labute approximate surface area is 55.8 Å². The molecule has 4 heteroatoms. The van der Waals surface area contributed by atoms with Crippen LogP contribution in [0.5, 0.6) is 0 Å². The number of rotatable bonds is 4. The first kappa shape index (κ1) is 8.91. The fraction of sp³-hybridized carbons (Fsp3) is 1.00. The van der Waals surface area contributed by atoms with Gasteiger partial charge in [-0.15, -0.1) is 0 Å². The summed E-state index contributed by atoms with van der Waals surface area (Å²) in [6.07, 6.45) is 2.39. The fourth-order valence-corrected chi connectivity index (χ4v) is 1.10. The van der Waals surface area contributed by atoms with E-state index in [9.17, 15) is 8.42 Å². The van der Waals surface area contributed by atoms with Crippen LogP contribution in [0.1, 0.15) is 26.2 Å². The highest BCUT2D eigenvalue weighted by atomic mass is 32.2. The second-order valence-electron chi connectivity index (χ2n) is 1.99. The molecule has 0 spiro atoms. The zero-order valence-electron chi connectivity index (χ0n) is 5.50. The summed E-state index contributed by atoms with van der Waals surface area (Å²) >= 11 is 0. The van der Waals surface area contributed by atoms with Crippen LogP contribution < -0.4 is 0 Å². The molecular weight excluding hydrogens is 140 g/mol. The predicted molar refractivity (Wildman–Crippen MR) is 35.9 cm³/mol. The van der Waals surface area contributed by atoms with Crippen LogP contribution in [0.3, 0.4) is 0 Å². The molecule has 0 saturated carbocycles. The molecule has 3 nitrogen and oxygen atoms in total. The monoisotopic (exact) mass is 152 g/mol. The Balaban J connectivity index is 3.30. The van der Waals surface area contributed by atoms with E-state index in [1.165, 1.54) is 0 Å². The second-order valence-corrected chi connectivity index (χ2v) is 3.57. The van der Waals surface area contributed by atoms with E-state index in [1.807, 2.05) is 6.92 Å². The van der Waals surface area contributed by atoms with Gasteiger partial charge < -0.3 is 0 Å². The molecule has 0 fully saturated rings. The second kappa shape index (κ2) is 3.85. The van der Waals surface area contributed by atoms with Gasteiger partial charge in [0.15, 0.2) is 0 Å². The van der Waals surface area contributed by atoms with Gasteiger partial charge in [0.1, 0.15) is 0 Å². The standard InChI is InChI=1S/C5H12O3S/c1-2-3-4-5-9(6,7)8/h2-5H2,1H3,(H,6,7,8). The van der Waals surface area contributed by atoms with Crippen molar-refractivity contribution in [3.8, 4) is 0 Å². The van der Waals surface area contributed by atoms with Crippen molar-refractivity contribution in [1.82, 2.24) is 0 Å². The van der Waals surface area contributed by atoms with Gasteiger partial charge in [0.25, 0.3) is 10.1 Å². The lowest BCUT2D eigenvalue weighted by Crippen LogP contribution is -2.02. The van der Waals surface area contributed by atoms with Crippen LogP contribution in [-0.4, -0.2) is 18.7 Å². The zero-order chi connectivity index (χ0) is 7.33. The van der Waals surface area contributed by atoms with E-state index in [0.717, 1.165) is 12.8 Å². The Morgan fingerprint density at radius 2 is 1.89 bits per heavy atom. The van der Waals surface area contributed by atoms with Crippen LogP contribution in [0.25, 0.3) is 0 Å². The summed E-state index contributed by atoms with van der Waals surface area (Å²) in [6.45, 7) is 1.98. The van der Waals surface area contributed by atoms with E-state index in [1.54, 1.807) is 0 Å². The molecular formula is C5H12O3S. The molecule has 0 aliphatic rings. The van der Waals surface area contributed by atoms with Crippen molar-refractivity contribution >= 4 is 10.1 Å². The van der Waals surface area contributed by atoms with Crippen molar-refractivity contribution in [3.63, 3.8) is 0 Å². The number of hydrogen-bond acceptors (Lipinski definition) is 2. The Morgan fingerprint density at radius 1 is 1.33 bits per heavy atom. The maximum absolute atomic E-state index is 10.1. The Hall–Kier alpha value is -0.0900. The lowest BCUT2D eigenvalue weighted by atomic mass is 10.3. The van der Waals surface area contributed by atoms with Crippen LogP contribution in [0.2, 0.25) is 0 Å². The molecule has 0 heterocycles. The van der Waals surface area contributed by atoms with E-state index in [0.29, 0.717) is 6.42 Å². The maximum Gasteiger partial charge on any atom is 0.264 e. The highest BCUT2D eigenvalue weighted by Crippen LogP contribution is 1.96. The van der Waals surface area contributed by atoms with Crippen LogP contribution in [0.4, 0.5) is 0 Å². The molecule has 0 unspecified atom stereocenters. The third kappa shape index (κ3) is 7.91. The van der Waals surface area contributed by atoms with Crippen LogP contribution in [0.15, 0.2) is 0 Å². The number of hydrogen-bond donors (Lipinski definition) is 1. The summed E-state index contributed by atoms with van der Waals surface area (Å²) in [5.74, 6) is -0.0964. The molecule has 0 aliphatic heterocycles. The van der Waals surface area contributed by atoms with Crippen molar-refractivity contribution in [2.45, 2.75) is 26.2 Å². The summed E-state index contributed by atoms with van der Waals surface area (Å²) in [7, 11) is -3.70. The molecule has 0 atom stereocenters. The first-order valence-corrected chi connectivity index (χ1v) is 4.62. The summed E-state index contributed by atoms with van der Waals surface area (Å²) in [5.41, 5.74) is 0. The van der Waals surface area contributed by atoms with Gasteiger partial charge >= 0.3 is 0 Å². The van der Waals surface area contributed by atoms with Gasteiger partial charge in [-0.2, -0.15) is 8.42 Å². The molecule has 0 saturated heterocycles. The van der Waals surface area contributed by atoms with Gasteiger partial charge in [-0.05, 0) is 6.42 Å². The highest BCUT2D eigenvalue weighted by molar-refractivity contribution is 7.85. The first-order valence-electron chi connectivity index (χ1n) is 3.01. The summed E-state index contributed by atoms with van der Waals surface area (Å²) < 4.78 is 28.3. The third-order valence-electron chi connectivity index (χ3n) is 1.01. The van der Waals surface area contributed by atoms with Crippen LogP contribution in [0, 0.1) is 0 Å². The van der Waals surface area contributed by atoms with Crippen LogP contribution in [-0.2, 0) is 10.1 Å². The van der Waals surface area contributed by atoms with E-state index >= 15 is 0 Å². The largest absolute Gasteiger partial charge is 0.286 e. The van der Waals surface area contributed by atoms with Crippen molar-refractivity contribution < 1.29 is 13.0 Å². The number of unbranched alkanes of at least 4 members (excludes halogenated alkanes) is 2. The Morgan fingerprint density at radius 3 is 2.22 bits per heavy atom. The molecule has 0 aromatic heterocycles. The Kier molecular flexibility index (Phi) is 3.81. The predicted octanol–water partition coefficient (Wildman–Crippen LogP) is 1.06. The van der Waals surface area contributed by atoms with Crippen molar-refractivity contribution in [2.75, 3.05) is 5.75 Å².